The number of amides is 1. The Bertz CT molecular complexity index is 802. The minimum Gasteiger partial charge on any atom is -0.482 e. The molecule has 23 heavy (non-hydrogen) atoms. The molecule has 0 spiro atoms. The van der Waals surface area contributed by atoms with Crippen LogP contribution in [0.1, 0.15) is 5.01 Å². The smallest absolute Gasteiger partial charge is 0.262 e. The Kier molecular flexibility index (Phi) is 4.63. The SMILES string of the molecule is Cc1nc(-c2ccccc2NC(=O)COc2cccnc2)cs1. The monoisotopic (exact) mass is 325 g/mol. The van der Waals surface area contributed by atoms with Crippen LogP contribution in [0.3, 0.4) is 0 Å². The van der Waals surface area contributed by atoms with E-state index in [-0.39, 0.29) is 12.5 Å². The molecule has 0 unspecified atom stereocenters. The molecule has 0 saturated heterocycles. The number of aromatic nitrogens is 2. The molecule has 1 aromatic carbocycles. The van der Waals surface area contributed by atoms with Gasteiger partial charge in [0.1, 0.15) is 5.75 Å². The first-order valence-electron chi connectivity index (χ1n) is 7.06. The first-order chi connectivity index (χ1) is 11.2. The van der Waals surface area contributed by atoms with Gasteiger partial charge in [-0.05, 0) is 25.1 Å². The van der Waals surface area contributed by atoms with Gasteiger partial charge in [-0.3, -0.25) is 9.78 Å². The van der Waals surface area contributed by atoms with Crippen molar-refractivity contribution in [2.75, 3.05) is 11.9 Å². The van der Waals surface area contributed by atoms with Crippen LogP contribution in [0.5, 0.6) is 5.75 Å². The van der Waals surface area contributed by atoms with Crippen LogP contribution in [-0.2, 0) is 4.79 Å². The lowest BCUT2D eigenvalue weighted by Crippen LogP contribution is -2.20. The molecule has 0 radical (unpaired) electrons. The minimum atomic E-state index is -0.228. The number of rotatable bonds is 5. The molecule has 0 aliphatic heterocycles. The predicted molar refractivity (Wildman–Crippen MR) is 90.6 cm³/mol. The van der Waals surface area contributed by atoms with Gasteiger partial charge in [0, 0.05) is 17.1 Å². The fraction of sp³-hybridized carbons (Fsp3) is 0.118. The second kappa shape index (κ2) is 7.02. The van der Waals surface area contributed by atoms with Gasteiger partial charge in [-0.1, -0.05) is 18.2 Å². The van der Waals surface area contributed by atoms with Crippen LogP contribution in [0.25, 0.3) is 11.3 Å². The molecule has 116 valence electrons. The topological polar surface area (TPSA) is 64.1 Å². The Morgan fingerprint density at radius 1 is 1.26 bits per heavy atom. The number of carbonyl (C=O) groups is 1. The third kappa shape index (κ3) is 3.92. The van der Waals surface area contributed by atoms with Crippen molar-refractivity contribution >= 4 is 22.9 Å². The van der Waals surface area contributed by atoms with E-state index < -0.39 is 0 Å². The van der Waals surface area contributed by atoms with Crippen molar-refractivity contribution in [3.8, 4) is 17.0 Å². The minimum absolute atomic E-state index is 0.0733. The lowest BCUT2D eigenvalue weighted by molar-refractivity contribution is -0.118. The van der Waals surface area contributed by atoms with Gasteiger partial charge in [-0.25, -0.2) is 4.98 Å². The number of nitrogens with zero attached hydrogens (tertiary/aromatic N) is 2. The second-order valence-corrected chi connectivity index (χ2v) is 5.89. The van der Waals surface area contributed by atoms with E-state index in [4.69, 9.17) is 4.74 Å². The van der Waals surface area contributed by atoms with Crippen molar-refractivity contribution in [1.29, 1.82) is 0 Å². The molecular formula is C17H15N3O2S. The summed E-state index contributed by atoms with van der Waals surface area (Å²) in [6, 6.07) is 11.1. The average Bonchev–Trinajstić information content (AvgIpc) is 3.01. The molecular weight excluding hydrogens is 310 g/mol. The molecule has 2 aromatic heterocycles. The number of hydrogen-bond donors (Lipinski definition) is 1. The zero-order chi connectivity index (χ0) is 16.1. The van der Waals surface area contributed by atoms with Gasteiger partial charge in [-0.2, -0.15) is 0 Å². The maximum Gasteiger partial charge on any atom is 0.262 e. The normalized spacial score (nSPS) is 10.3. The number of aryl methyl sites for hydroxylation is 1. The van der Waals surface area contributed by atoms with E-state index in [0.29, 0.717) is 5.75 Å². The van der Waals surface area contributed by atoms with Gasteiger partial charge < -0.3 is 10.1 Å². The van der Waals surface area contributed by atoms with E-state index in [1.54, 1.807) is 35.9 Å². The number of ether oxygens (including phenoxy) is 1. The largest absolute Gasteiger partial charge is 0.482 e. The van der Waals surface area contributed by atoms with Crippen molar-refractivity contribution in [1.82, 2.24) is 9.97 Å². The molecule has 0 aliphatic carbocycles. The van der Waals surface area contributed by atoms with E-state index in [0.717, 1.165) is 22.0 Å². The standard InChI is InChI=1S/C17H15N3O2S/c1-12-19-16(11-23-12)14-6-2-3-7-15(14)20-17(21)10-22-13-5-4-8-18-9-13/h2-9,11H,10H2,1H3,(H,20,21). The Labute approximate surface area is 138 Å². The van der Waals surface area contributed by atoms with Crippen molar-refractivity contribution in [3.63, 3.8) is 0 Å². The third-order valence-corrected chi connectivity index (χ3v) is 3.87. The van der Waals surface area contributed by atoms with Gasteiger partial charge >= 0.3 is 0 Å². The highest BCUT2D eigenvalue weighted by atomic mass is 32.1. The van der Waals surface area contributed by atoms with Gasteiger partial charge in [0.25, 0.3) is 5.91 Å². The Morgan fingerprint density at radius 2 is 2.13 bits per heavy atom. The first kappa shape index (κ1) is 15.2. The average molecular weight is 325 g/mol. The van der Waals surface area contributed by atoms with Gasteiger partial charge in [0.05, 0.1) is 22.6 Å². The molecule has 5 nitrogen and oxygen atoms in total. The van der Waals surface area contributed by atoms with E-state index in [1.165, 1.54) is 0 Å². The Morgan fingerprint density at radius 3 is 2.87 bits per heavy atom. The highest BCUT2D eigenvalue weighted by Crippen LogP contribution is 2.28. The first-order valence-corrected chi connectivity index (χ1v) is 7.94. The quantitative estimate of drug-likeness (QED) is 0.779. The molecule has 3 aromatic rings. The van der Waals surface area contributed by atoms with Crippen molar-refractivity contribution in [3.05, 3.63) is 59.2 Å². The van der Waals surface area contributed by atoms with Crippen molar-refractivity contribution in [2.24, 2.45) is 0 Å². The van der Waals surface area contributed by atoms with Gasteiger partial charge in [0.15, 0.2) is 6.61 Å². The van der Waals surface area contributed by atoms with Crippen LogP contribution < -0.4 is 10.1 Å². The predicted octanol–water partition coefficient (Wildman–Crippen LogP) is 3.53. The summed E-state index contributed by atoms with van der Waals surface area (Å²) in [5, 5.41) is 5.83. The molecule has 0 aliphatic rings. The molecule has 0 saturated carbocycles. The Balaban J connectivity index is 1.69. The number of carbonyl (C=O) groups excluding carboxylic acids is 1. The maximum atomic E-state index is 12.1. The van der Waals surface area contributed by atoms with Crippen molar-refractivity contribution in [2.45, 2.75) is 6.92 Å². The number of thiazole rings is 1. The summed E-state index contributed by atoms with van der Waals surface area (Å²) >= 11 is 1.58. The highest BCUT2D eigenvalue weighted by Gasteiger charge is 2.11. The molecule has 0 bridgehead atoms. The number of para-hydroxylation sites is 1. The van der Waals surface area contributed by atoms with Crippen LogP contribution in [0.4, 0.5) is 5.69 Å². The summed E-state index contributed by atoms with van der Waals surface area (Å²) in [6.07, 6.45) is 3.22. The summed E-state index contributed by atoms with van der Waals surface area (Å²) in [5.74, 6) is 0.333. The Hall–Kier alpha value is -2.73. The van der Waals surface area contributed by atoms with E-state index >= 15 is 0 Å². The van der Waals surface area contributed by atoms with Crippen molar-refractivity contribution < 1.29 is 9.53 Å². The molecule has 3 rings (SSSR count). The number of nitrogens with one attached hydrogen (secondary N) is 1. The zero-order valence-electron chi connectivity index (χ0n) is 12.5. The summed E-state index contributed by atoms with van der Waals surface area (Å²) in [4.78, 5) is 20.5. The molecule has 1 amide bonds. The fourth-order valence-electron chi connectivity index (χ4n) is 2.07. The van der Waals surface area contributed by atoms with E-state index in [2.05, 4.69) is 15.3 Å². The number of hydrogen-bond acceptors (Lipinski definition) is 5. The molecule has 2 heterocycles. The number of pyridine rings is 1. The van der Waals surface area contributed by atoms with Crippen LogP contribution >= 0.6 is 11.3 Å². The second-order valence-electron chi connectivity index (χ2n) is 4.82. The van der Waals surface area contributed by atoms with E-state index in [1.807, 2.05) is 36.6 Å². The van der Waals surface area contributed by atoms with Crippen LogP contribution in [0.15, 0.2) is 54.2 Å². The van der Waals surface area contributed by atoms with Gasteiger partial charge in [0.2, 0.25) is 0 Å². The molecule has 6 heteroatoms. The summed E-state index contributed by atoms with van der Waals surface area (Å²) < 4.78 is 5.40. The number of benzene rings is 1. The highest BCUT2D eigenvalue weighted by molar-refractivity contribution is 7.09. The maximum absolute atomic E-state index is 12.1. The van der Waals surface area contributed by atoms with Gasteiger partial charge in [-0.15, -0.1) is 11.3 Å². The zero-order valence-corrected chi connectivity index (χ0v) is 13.3. The van der Waals surface area contributed by atoms with Crippen LogP contribution in [0, 0.1) is 6.92 Å². The molecule has 0 fully saturated rings. The molecule has 1 N–H and O–H groups in total. The van der Waals surface area contributed by atoms with Crippen LogP contribution in [0.2, 0.25) is 0 Å². The summed E-state index contributed by atoms with van der Waals surface area (Å²) in [5.41, 5.74) is 2.47. The summed E-state index contributed by atoms with van der Waals surface area (Å²) in [6.45, 7) is 1.88. The van der Waals surface area contributed by atoms with E-state index in [9.17, 15) is 4.79 Å². The van der Waals surface area contributed by atoms with Crippen LogP contribution in [-0.4, -0.2) is 22.5 Å². The molecule has 0 atom stereocenters. The number of anilines is 1. The lowest BCUT2D eigenvalue weighted by atomic mass is 10.1. The third-order valence-electron chi connectivity index (χ3n) is 3.10. The summed E-state index contributed by atoms with van der Waals surface area (Å²) in [7, 11) is 0. The lowest BCUT2D eigenvalue weighted by Gasteiger charge is -2.10. The fourth-order valence-corrected chi connectivity index (χ4v) is 2.68.